The predicted molar refractivity (Wildman–Crippen MR) is 176 cm³/mol. The Labute approximate surface area is 279 Å². The molecule has 1 heterocycles. The maximum atomic E-state index is 12.2. The molecule has 12 heteroatoms. The summed E-state index contributed by atoms with van der Waals surface area (Å²) < 4.78 is 6.23. The number of benzene rings is 2. The van der Waals surface area contributed by atoms with Crippen molar-refractivity contribution in [3.63, 3.8) is 0 Å². The van der Waals surface area contributed by atoms with Gasteiger partial charge in [0.1, 0.15) is 24.1 Å². The minimum Gasteiger partial charge on any atom is -0.490 e. The maximum absolute atomic E-state index is 12.2. The van der Waals surface area contributed by atoms with Gasteiger partial charge in [0, 0.05) is 54.1 Å². The SMILES string of the molecule is O=C(NCCCC(CO)c1ccc(Cl)c(CNC2(c3cnccc3-c3ccccc3OC3CC3)CC2)c1)[C@@H](O)[C@@H](O)[C@H](O)[C@@H](O)CO. The van der Waals surface area contributed by atoms with Gasteiger partial charge in [0.2, 0.25) is 0 Å². The highest BCUT2D eigenvalue weighted by molar-refractivity contribution is 6.31. The average molecular weight is 670 g/mol. The molecule has 5 atom stereocenters. The second kappa shape index (κ2) is 15.8. The average Bonchev–Trinajstić information content (AvgIpc) is 4.04. The Morgan fingerprint density at radius 3 is 2.47 bits per heavy atom. The molecule has 0 bridgehead atoms. The summed E-state index contributed by atoms with van der Waals surface area (Å²) in [6.45, 7) is -0.313. The summed E-state index contributed by atoms with van der Waals surface area (Å²) >= 11 is 6.64. The number of halogens is 1. The zero-order valence-corrected chi connectivity index (χ0v) is 26.9. The van der Waals surface area contributed by atoms with Gasteiger partial charge in [-0.2, -0.15) is 0 Å². The number of hydrogen-bond acceptors (Lipinski definition) is 10. The van der Waals surface area contributed by atoms with E-state index in [0.29, 0.717) is 24.4 Å². The fraction of sp³-hybridized carbons (Fsp3) is 0.486. The van der Waals surface area contributed by atoms with Crippen molar-refractivity contribution >= 4 is 17.5 Å². The summed E-state index contributed by atoms with van der Waals surface area (Å²) in [5.74, 6) is -0.274. The lowest BCUT2D eigenvalue weighted by Crippen LogP contribution is -2.51. The van der Waals surface area contributed by atoms with Gasteiger partial charge in [0.05, 0.1) is 12.7 Å². The fourth-order valence-corrected chi connectivity index (χ4v) is 5.97. The third kappa shape index (κ3) is 8.67. The number of ether oxygens (including phenoxy) is 1. The lowest BCUT2D eigenvalue weighted by molar-refractivity contribution is -0.148. The Morgan fingerprint density at radius 2 is 1.77 bits per heavy atom. The van der Waals surface area contributed by atoms with E-state index in [0.717, 1.165) is 59.3 Å². The van der Waals surface area contributed by atoms with Crippen LogP contribution >= 0.6 is 11.6 Å². The lowest BCUT2D eigenvalue weighted by Gasteiger charge is -2.25. The molecule has 0 saturated heterocycles. The highest BCUT2D eigenvalue weighted by Gasteiger charge is 2.46. The van der Waals surface area contributed by atoms with E-state index in [2.05, 4.69) is 21.7 Å². The Bertz CT molecular complexity index is 1500. The van der Waals surface area contributed by atoms with E-state index in [1.54, 1.807) is 0 Å². The van der Waals surface area contributed by atoms with E-state index in [1.165, 1.54) is 0 Å². The maximum Gasteiger partial charge on any atom is 0.251 e. The predicted octanol–water partition coefficient (Wildman–Crippen LogP) is 2.13. The van der Waals surface area contributed by atoms with E-state index in [1.807, 2.05) is 54.9 Å². The number of nitrogens with zero attached hydrogens (tertiary/aromatic N) is 1. The standard InChI is InChI=1S/C35H44ClN3O8/c36-28-10-7-21(22(19-40)4-3-14-38-34(46)33(45)32(44)31(43)29(42)20-41)16-23(28)17-39-35(12-13-35)27-18-37-15-11-25(27)26-5-1-2-6-30(26)47-24-8-9-24/h1-2,5-7,10-11,15-16,18,22,24,29,31-33,39-45H,3-4,8-9,12-14,17,19-20H2,(H,38,46)/t22?,29-,31+,32-,33-/m0/s1. The summed E-state index contributed by atoms with van der Waals surface area (Å²) in [5, 5.41) is 65.1. The number of carbonyl (C=O) groups excluding carboxylic acids is 1. The summed E-state index contributed by atoms with van der Waals surface area (Å²) in [4.78, 5) is 16.7. The number of carbonyl (C=O) groups is 1. The Kier molecular flexibility index (Phi) is 11.9. The molecule has 2 fully saturated rings. The van der Waals surface area contributed by atoms with Crippen LogP contribution in [0.1, 0.15) is 61.1 Å². The first-order valence-electron chi connectivity index (χ1n) is 16.1. The molecule has 8 N–H and O–H groups in total. The number of nitrogens with one attached hydrogen (secondary N) is 2. The van der Waals surface area contributed by atoms with Crippen molar-refractivity contribution in [3.8, 4) is 16.9 Å². The fourth-order valence-electron chi connectivity index (χ4n) is 5.79. The van der Waals surface area contributed by atoms with Crippen molar-refractivity contribution in [2.45, 2.75) is 87.0 Å². The molecule has 0 radical (unpaired) electrons. The van der Waals surface area contributed by atoms with Gasteiger partial charge in [-0.05, 0) is 79.0 Å². The van der Waals surface area contributed by atoms with Crippen LogP contribution in [0.15, 0.2) is 60.9 Å². The molecule has 11 nitrogen and oxygen atoms in total. The van der Waals surface area contributed by atoms with Gasteiger partial charge < -0.3 is 46.0 Å². The number of para-hydroxylation sites is 1. The second-order valence-electron chi connectivity index (χ2n) is 12.5. The molecular formula is C35H44ClN3O8. The van der Waals surface area contributed by atoms with Crippen LogP contribution in [0.3, 0.4) is 0 Å². The molecule has 1 unspecified atom stereocenters. The third-order valence-electron chi connectivity index (χ3n) is 9.01. The second-order valence-corrected chi connectivity index (χ2v) is 12.9. The Balaban J connectivity index is 1.20. The van der Waals surface area contributed by atoms with Gasteiger partial charge in [-0.1, -0.05) is 41.9 Å². The number of aliphatic hydroxyl groups is 6. The minimum atomic E-state index is -1.99. The van der Waals surface area contributed by atoms with Crippen molar-refractivity contribution in [3.05, 3.63) is 82.6 Å². The number of pyridine rings is 1. The van der Waals surface area contributed by atoms with Crippen molar-refractivity contribution in [1.29, 1.82) is 0 Å². The first-order chi connectivity index (χ1) is 22.7. The van der Waals surface area contributed by atoms with Crippen LogP contribution in [0.2, 0.25) is 5.02 Å². The smallest absolute Gasteiger partial charge is 0.251 e. The molecule has 0 spiro atoms. The number of aromatic nitrogens is 1. The van der Waals surface area contributed by atoms with Crippen LogP contribution in [-0.2, 0) is 16.9 Å². The van der Waals surface area contributed by atoms with Gasteiger partial charge in [-0.15, -0.1) is 0 Å². The quantitative estimate of drug-likeness (QED) is 0.0934. The molecule has 0 aliphatic heterocycles. The zero-order chi connectivity index (χ0) is 33.6. The highest BCUT2D eigenvalue weighted by Crippen LogP contribution is 2.50. The van der Waals surface area contributed by atoms with Gasteiger partial charge >= 0.3 is 0 Å². The number of hydrogen-bond donors (Lipinski definition) is 8. The van der Waals surface area contributed by atoms with Crippen LogP contribution in [0, 0.1) is 0 Å². The van der Waals surface area contributed by atoms with Gasteiger partial charge in [-0.25, -0.2) is 0 Å². The molecule has 3 aromatic rings. The molecule has 1 aromatic heterocycles. The summed E-state index contributed by atoms with van der Waals surface area (Å²) in [7, 11) is 0. The molecule has 2 aromatic carbocycles. The normalized spacial score (nSPS) is 18.5. The number of rotatable bonds is 18. The van der Waals surface area contributed by atoms with E-state index >= 15 is 0 Å². The van der Waals surface area contributed by atoms with Crippen LogP contribution < -0.4 is 15.4 Å². The third-order valence-corrected chi connectivity index (χ3v) is 9.38. The van der Waals surface area contributed by atoms with Crippen molar-refractivity contribution < 1.29 is 40.2 Å². The number of aliphatic hydroxyl groups excluding tert-OH is 6. The summed E-state index contributed by atoms with van der Waals surface area (Å²) in [6, 6.07) is 15.9. The molecule has 2 aliphatic carbocycles. The van der Waals surface area contributed by atoms with Crippen molar-refractivity contribution in [2.24, 2.45) is 0 Å². The van der Waals surface area contributed by atoms with Crippen molar-refractivity contribution in [2.75, 3.05) is 19.8 Å². The van der Waals surface area contributed by atoms with E-state index in [4.69, 9.17) is 21.4 Å². The first kappa shape index (κ1) is 35.2. The number of amides is 1. The van der Waals surface area contributed by atoms with E-state index < -0.39 is 36.9 Å². The monoisotopic (exact) mass is 669 g/mol. The zero-order valence-electron chi connectivity index (χ0n) is 26.1. The summed E-state index contributed by atoms with van der Waals surface area (Å²) in [6.07, 6.45) is 1.50. The Morgan fingerprint density at radius 1 is 1.00 bits per heavy atom. The van der Waals surface area contributed by atoms with Crippen LogP contribution in [0.5, 0.6) is 5.75 Å². The van der Waals surface area contributed by atoms with Gasteiger partial charge in [0.25, 0.3) is 5.91 Å². The van der Waals surface area contributed by atoms with Gasteiger partial charge in [-0.3, -0.25) is 9.78 Å². The van der Waals surface area contributed by atoms with E-state index in [9.17, 15) is 30.3 Å². The van der Waals surface area contributed by atoms with Crippen LogP contribution in [0.25, 0.3) is 11.1 Å². The molecule has 2 saturated carbocycles. The van der Waals surface area contributed by atoms with Crippen molar-refractivity contribution in [1.82, 2.24) is 15.6 Å². The first-order valence-corrected chi connectivity index (χ1v) is 16.5. The van der Waals surface area contributed by atoms with Crippen LogP contribution in [-0.4, -0.2) is 91.8 Å². The Hall–Kier alpha value is -3.13. The lowest BCUT2D eigenvalue weighted by atomic mass is 9.92. The molecule has 2 aliphatic rings. The molecular weight excluding hydrogens is 626 g/mol. The minimum absolute atomic E-state index is 0.125. The molecule has 47 heavy (non-hydrogen) atoms. The molecule has 254 valence electrons. The molecule has 5 rings (SSSR count). The molecule has 1 amide bonds. The van der Waals surface area contributed by atoms with E-state index in [-0.39, 0.29) is 30.7 Å². The highest BCUT2D eigenvalue weighted by atomic mass is 35.5. The largest absolute Gasteiger partial charge is 0.490 e. The topological polar surface area (TPSA) is 185 Å². The summed E-state index contributed by atoms with van der Waals surface area (Å²) in [5.41, 5.74) is 4.80. The van der Waals surface area contributed by atoms with Crippen LogP contribution in [0.4, 0.5) is 0 Å². The van der Waals surface area contributed by atoms with Gasteiger partial charge in [0.15, 0.2) is 6.10 Å².